The van der Waals surface area contributed by atoms with E-state index >= 15 is 0 Å². The molecule has 9 heteroatoms. The highest BCUT2D eigenvalue weighted by molar-refractivity contribution is 9.09. The van der Waals surface area contributed by atoms with Crippen molar-refractivity contribution in [2.75, 3.05) is 12.3 Å². The van der Waals surface area contributed by atoms with Gasteiger partial charge in [0.1, 0.15) is 17.9 Å². The number of aliphatic hydroxyl groups is 2. The Balaban J connectivity index is 2.04. The number of nitrogens with two attached hydrogens (primary N) is 1. The fraction of sp³-hybridized carbons (Fsp3) is 0.500. The minimum absolute atomic E-state index is 0.187. The van der Waals surface area contributed by atoms with Crippen molar-refractivity contribution in [1.82, 2.24) is 19.5 Å². The minimum Gasteiger partial charge on any atom is -0.394 e. The molecule has 2 aromatic rings. The molecule has 19 heavy (non-hydrogen) atoms. The Morgan fingerprint density at radius 2 is 2.21 bits per heavy atom. The molecule has 0 saturated carbocycles. The molecule has 4 atom stereocenters. The lowest BCUT2D eigenvalue weighted by Crippen LogP contribution is -2.28. The molecule has 0 radical (unpaired) electrons. The van der Waals surface area contributed by atoms with Gasteiger partial charge in [-0.2, -0.15) is 0 Å². The number of hydrogen-bond acceptors (Lipinski definition) is 7. The number of hydrogen-bond donors (Lipinski definition) is 3. The molecule has 0 bridgehead atoms. The zero-order valence-corrected chi connectivity index (χ0v) is 11.3. The maximum Gasteiger partial charge on any atom is 0.167 e. The van der Waals surface area contributed by atoms with Crippen molar-refractivity contribution >= 4 is 32.9 Å². The number of alkyl halides is 1. The third kappa shape index (κ3) is 1.89. The van der Waals surface area contributed by atoms with Gasteiger partial charge in [0.25, 0.3) is 0 Å². The molecule has 102 valence electrons. The van der Waals surface area contributed by atoms with E-state index in [1.165, 1.54) is 12.7 Å². The van der Waals surface area contributed by atoms with E-state index in [4.69, 9.17) is 10.5 Å². The summed E-state index contributed by atoms with van der Waals surface area (Å²) in [5.41, 5.74) is 6.64. The number of rotatable bonds is 2. The molecule has 1 fully saturated rings. The van der Waals surface area contributed by atoms with E-state index in [-0.39, 0.29) is 17.3 Å². The predicted octanol–water partition coefficient (Wildman–Crippen LogP) is -0.577. The van der Waals surface area contributed by atoms with E-state index in [1.807, 2.05) is 0 Å². The molecule has 2 aromatic heterocycles. The van der Waals surface area contributed by atoms with Gasteiger partial charge in [-0.25, -0.2) is 15.0 Å². The lowest BCUT2D eigenvalue weighted by Gasteiger charge is -2.16. The first kappa shape index (κ1) is 12.7. The summed E-state index contributed by atoms with van der Waals surface area (Å²) in [6.07, 6.45) is 0.818. The number of nitrogens with zero attached hydrogens (tertiary/aromatic N) is 4. The second kappa shape index (κ2) is 4.67. The van der Waals surface area contributed by atoms with Crippen LogP contribution < -0.4 is 5.73 Å². The van der Waals surface area contributed by atoms with Crippen LogP contribution in [-0.4, -0.2) is 53.4 Å². The van der Waals surface area contributed by atoms with Crippen molar-refractivity contribution in [3.8, 4) is 0 Å². The third-order valence-corrected chi connectivity index (χ3v) is 4.26. The van der Waals surface area contributed by atoms with Gasteiger partial charge in [0, 0.05) is 0 Å². The van der Waals surface area contributed by atoms with Crippen molar-refractivity contribution in [2.24, 2.45) is 0 Å². The first-order valence-corrected chi connectivity index (χ1v) is 6.56. The van der Waals surface area contributed by atoms with Crippen LogP contribution in [0.5, 0.6) is 0 Å². The average molecular weight is 330 g/mol. The molecule has 8 nitrogen and oxygen atoms in total. The van der Waals surface area contributed by atoms with Crippen LogP contribution in [0.15, 0.2) is 12.7 Å². The molecule has 1 saturated heterocycles. The normalized spacial score (nSPS) is 31.1. The average Bonchev–Trinajstić information content (AvgIpc) is 2.94. The van der Waals surface area contributed by atoms with Gasteiger partial charge in [-0.1, -0.05) is 15.9 Å². The van der Waals surface area contributed by atoms with Crippen LogP contribution in [0.1, 0.15) is 6.23 Å². The summed E-state index contributed by atoms with van der Waals surface area (Å²) in [6.45, 7) is -0.187. The van der Waals surface area contributed by atoms with E-state index < -0.39 is 18.4 Å². The first-order chi connectivity index (χ1) is 9.13. The standard InChI is InChI=1S/C10H12BrN5O3/c11-5-4(1-17)19-10(7(5)18)16-3-15-6-8(12)13-2-14-9(6)16/h2-5,7,10,17-18H,1H2,(H2,12,13,14)/t4-,5-,7?,10-/m1/s1. The number of halogens is 1. The highest BCUT2D eigenvalue weighted by Gasteiger charge is 2.43. The molecule has 0 aromatic carbocycles. The van der Waals surface area contributed by atoms with Crippen LogP contribution in [0.3, 0.4) is 0 Å². The smallest absolute Gasteiger partial charge is 0.167 e. The van der Waals surface area contributed by atoms with Crippen LogP contribution in [0, 0.1) is 0 Å². The Morgan fingerprint density at radius 3 is 2.89 bits per heavy atom. The summed E-state index contributed by atoms with van der Waals surface area (Å²) in [5.74, 6) is 0.269. The van der Waals surface area contributed by atoms with Crippen LogP contribution in [0.25, 0.3) is 11.2 Å². The highest BCUT2D eigenvalue weighted by atomic mass is 79.9. The fourth-order valence-corrected chi connectivity index (χ4v) is 2.69. The van der Waals surface area contributed by atoms with E-state index in [2.05, 4.69) is 30.9 Å². The topological polar surface area (TPSA) is 119 Å². The Kier molecular flexibility index (Phi) is 3.13. The largest absolute Gasteiger partial charge is 0.394 e. The van der Waals surface area contributed by atoms with E-state index in [0.29, 0.717) is 11.2 Å². The summed E-state index contributed by atoms with van der Waals surface area (Å²) in [6, 6.07) is 0. The Labute approximate surface area is 116 Å². The number of nitrogen functional groups attached to an aromatic ring is 1. The van der Waals surface area contributed by atoms with Crippen molar-refractivity contribution in [3.05, 3.63) is 12.7 Å². The number of ether oxygens (including phenoxy) is 1. The van der Waals surface area contributed by atoms with Gasteiger partial charge in [-0.05, 0) is 0 Å². The molecule has 0 spiro atoms. The van der Waals surface area contributed by atoms with Gasteiger partial charge in [0.2, 0.25) is 0 Å². The van der Waals surface area contributed by atoms with Crippen LogP contribution in [0.4, 0.5) is 5.82 Å². The quantitative estimate of drug-likeness (QED) is 0.630. The van der Waals surface area contributed by atoms with Gasteiger partial charge in [0.15, 0.2) is 17.7 Å². The molecule has 3 heterocycles. The predicted molar refractivity (Wildman–Crippen MR) is 69.5 cm³/mol. The number of aliphatic hydroxyl groups excluding tert-OH is 2. The van der Waals surface area contributed by atoms with Crippen molar-refractivity contribution < 1.29 is 14.9 Å². The van der Waals surface area contributed by atoms with E-state index in [0.717, 1.165) is 0 Å². The van der Waals surface area contributed by atoms with Gasteiger partial charge >= 0.3 is 0 Å². The summed E-state index contributed by atoms with van der Waals surface area (Å²) in [7, 11) is 0. The fourth-order valence-electron chi connectivity index (χ4n) is 2.14. The number of imidazole rings is 1. The van der Waals surface area contributed by atoms with Crippen molar-refractivity contribution in [1.29, 1.82) is 0 Å². The molecule has 1 unspecified atom stereocenters. The molecular formula is C10H12BrN5O3. The van der Waals surface area contributed by atoms with Gasteiger partial charge < -0.3 is 20.7 Å². The van der Waals surface area contributed by atoms with E-state index in [9.17, 15) is 10.2 Å². The molecule has 0 aliphatic carbocycles. The van der Waals surface area contributed by atoms with Gasteiger partial charge in [0.05, 0.1) is 23.9 Å². The molecular weight excluding hydrogens is 318 g/mol. The monoisotopic (exact) mass is 329 g/mol. The maximum absolute atomic E-state index is 10.2. The SMILES string of the molecule is Nc1ncnc2c1ncn2[C@@H]1O[C@H](CO)[C@@H](Br)C1O. The molecule has 3 rings (SSSR count). The zero-order valence-electron chi connectivity index (χ0n) is 9.72. The Hall–Kier alpha value is -1.29. The summed E-state index contributed by atoms with van der Waals surface area (Å²) in [5, 5.41) is 19.3. The summed E-state index contributed by atoms with van der Waals surface area (Å²) in [4.78, 5) is 11.7. The third-order valence-electron chi connectivity index (χ3n) is 3.13. The maximum atomic E-state index is 10.2. The lowest BCUT2D eigenvalue weighted by molar-refractivity contribution is -0.0486. The molecule has 1 aliphatic heterocycles. The zero-order chi connectivity index (χ0) is 13.6. The van der Waals surface area contributed by atoms with Crippen LogP contribution in [0.2, 0.25) is 0 Å². The number of anilines is 1. The van der Waals surface area contributed by atoms with Crippen LogP contribution >= 0.6 is 15.9 Å². The first-order valence-electron chi connectivity index (χ1n) is 5.65. The highest BCUT2D eigenvalue weighted by Crippen LogP contribution is 2.35. The van der Waals surface area contributed by atoms with E-state index in [1.54, 1.807) is 4.57 Å². The number of aromatic nitrogens is 4. The van der Waals surface area contributed by atoms with Gasteiger partial charge in [-0.15, -0.1) is 0 Å². The molecule has 1 aliphatic rings. The van der Waals surface area contributed by atoms with Gasteiger partial charge in [-0.3, -0.25) is 4.57 Å². The summed E-state index contributed by atoms with van der Waals surface area (Å²) >= 11 is 3.31. The Bertz CT molecular complexity index is 606. The Morgan fingerprint density at radius 1 is 1.42 bits per heavy atom. The van der Waals surface area contributed by atoms with Crippen LogP contribution in [-0.2, 0) is 4.74 Å². The van der Waals surface area contributed by atoms with Crippen molar-refractivity contribution in [3.63, 3.8) is 0 Å². The minimum atomic E-state index is -0.828. The summed E-state index contributed by atoms with van der Waals surface area (Å²) < 4.78 is 7.19. The molecule has 4 N–H and O–H groups in total. The van der Waals surface area contributed by atoms with Crippen molar-refractivity contribution in [2.45, 2.75) is 23.3 Å². The lowest BCUT2D eigenvalue weighted by atomic mass is 10.2. The molecule has 0 amide bonds. The second-order valence-corrected chi connectivity index (χ2v) is 5.32. The number of fused-ring (bicyclic) bond motifs is 1. The second-order valence-electron chi connectivity index (χ2n) is 4.27.